The number of hydrogen-bond donors (Lipinski definition) is 2. The maximum Gasteiger partial charge on any atom is 0.389 e. The Bertz CT molecular complexity index is 307. The van der Waals surface area contributed by atoms with E-state index in [1.807, 2.05) is 0 Å². The summed E-state index contributed by atoms with van der Waals surface area (Å²) in [5.74, 6) is 0.0711. The van der Waals surface area contributed by atoms with Crippen molar-refractivity contribution < 1.29 is 18.3 Å². The van der Waals surface area contributed by atoms with E-state index in [2.05, 4.69) is 0 Å². The lowest BCUT2D eigenvalue weighted by molar-refractivity contribution is -0.136. The Kier molecular flexibility index (Phi) is 3.57. The Balaban J connectivity index is 2.54. The Labute approximate surface area is 85.5 Å². The van der Waals surface area contributed by atoms with E-state index in [1.54, 1.807) is 0 Å². The van der Waals surface area contributed by atoms with Crippen LogP contribution in [-0.2, 0) is 0 Å². The first-order valence-corrected chi connectivity index (χ1v) is 4.50. The molecule has 1 aromatic rings. The number of benzene rings is 1. The predicted molar refractivity (Wildman–Crippen MR) is 50.3 cm³/mol. The van der Waals surface area contributed by atoms with Gasteiger partial charge in [-0.2, -0.15) is 13.2 Å². The molecule has 0 aliphatic heterocycles. The van der Waals surface area contributed by atoms with Gasteiger partial charge in [-0.05, 0) is 24.1 Å². The Morgan fingerprint density at radius 3 is 2.20 bits per heavy atom. The first-order valence-electron chi connectivity index (χ1n) is 4.50. The highest BCUT2D eigenvalue weighted by Gasteiger charge is 2.27. The summed E-state index contributed by atoms with van der Waals surface area (Å²) in [6, 6.07) is 5.21. The summed E-state index contributed by atoms with van der Waals surface area (Å²) in [5.41, 5.74) is 6.17. The molecule has 0 bridgehead atoms. The molecule has 0 fully saturated rings. The van der Waals surface area contributed by atoms with Crippen molar-refractivity contribution in [1.82, 2.24) is 0 Å². The van der Waals surface area contributed by atoms with Gasteiger partial charge in [0.15, 0.2) is 0 Å². The zero-order valence-electron chi connectivity index (χ0n) is 7.96. The van der Waals surface area contributed by atoms with Gasteiger partial charge in [-0.1, -0.05) is 12.1 Å². The van der Waals surface area contributed by atoms with Crippen molar-refractivity contribution in [1.29, 1.82) is 0 Å². The third-order valence-electron chi connectivity index (χ3n) is 2.06. The van der Waals surface area contributed by atoms with Gasteiger partial charge in [0.05, 0.1) is 0 Å². The van der Waals surface area contributed by atoms with Gasteiger partial charge >= 0.3 is 6.18 Å². The van der Waals surface area contributed by atoms with Crippen LogP contribution in [0.1, 0.15) is 24.4 Å². The Morgan fingerprint density at radius 2 is 1.73 bits per heavy atom. The molecule has 0 saturated carbocycles. The number of hydrogen-bond acceptors (Lipinski definition) is 2. The van der Waals surface area contributed by atoms with E-state index in [9.17, 15) is 13.2 Å². The van der Waals surface area contributed by atoms with E-state index >= 15 is 0 Å². The van der Waals surface area contributed by atoms with E-state index in [-0.39, 0.29) is 12.2 Å². The quantitative estimate of drug-likeness (QED) is 0.821. The van der Waals surface area contributed by atoms with Crippen molar-refractivity contribution in [3.05, 3.63) is 29.8 Å². The molecule has 0 aliphatic carbocycles. The number of nitrogens with two attached hydrogens (primary N) is 1. The van der Waals surface area contributed by atoms with Gasteiger partial charge in [-0.3, -0.25) is 0 Å². The van der Waals surface area contributed by atoms with Gasteiger partial charge in [-0.25, -0.2) is 0 Å². The van der Waals surface area contributed by atoms with E-state index in [0.29, 0.717) is 5.56 Å². The Hall–Kier alpha value is -1.23. The zero-order valence-corrected chi connectivity index (χ0v) is 7.96. The fourth-order valence-corrected chi connectivity index (χ4v) is 1.21. The van der Waals surface area contributed by atoms with Crippen molar-refractivity contribution in [3.8, 4) is 5.75 Å². The average Bonchev–Trinajstić information content (AvgIpc) is 2.14. The smallest absolute Gasteiger partial charge is 0.389 e. The molecule has 0 aromatic heterocycles. The summed E-state index contributed by atoms with van der Waals surface area (Å²) in [6.07, 6.45) is -5.21. The standard InChI is InChI=1S/C10H12F3NO/c11-10(12,13)6-5-9(14)7-1-3-8(15)4-2-7/h1-4,9,15H,5-6,14H2/t9-/m1/s1. The molecule has 5 heteroatoms. The van der Waals surface area contributed by atoms with Gasteiger partial charge in [0.1, 0.15) is 5.75 Å². The molecule has 1 rings (SSSR count). The van der Waals surface area contributed by atoms with E-state index in [0.717, 1.165) is 0 Å². The largest absolute Gasteiger partial charge is 0.508 e. The second-order valence-corrected chi connectivity index (χ2v) is 3.35. The first-order chi connectivity index (χ1) is 6.88. The molecule has 0 unspecified atom stereocenters. The summed E-state index contributed by atoms with van der Waals surface area (Å²) >= 11 is 0. The van der Waals surface area contributed by atoms with Crippen LogP contribution >= 0.6 is 0 Å². The minimum absolute atomic E-state index is 0.0711. The molecule has 0 saturated heterocycles. The average molecular weight is 219 g/mol. The highest BCUT2D eigenvalue weighted by molar-refractivity contribution is 5.27. The van der Waals surface area contributed by atoms with Gasteiger partial charge < -0.3 is 10.8 Å². The summed E-state index contributed by atoms with van der Waals surface area (Å²) < 4.78 is 35.7. The number of phenols is 1. The topological polar surface area (TPSA) is 46.2 Å². The fourth-order valence-electron chi connectivity index (χ4n) is 1.21. The lowest BCUT2D eigenvalue weighted by Gasteiger charge is -2.13. The summed E-state index contributed by atoms with van der Waals surface area (Å²) in [4.78, 5) is 0. The van der Waals surface area contributed by atoms with Gasteiger partial charge in [0.25, 0.3) is 0 Å². The monoisotopic (exact) mass is 219 g/mol. The van der Waals surface area contributed by atoms with Crippen LogP contribution in [0.4, 0.5) is 13.2 Å². The molecule has 1 atom stereocenters. The molecule has 2 nitrogen and oxygen atoms in total. The van der Waals surface area contributed by atoms with Crippen LogP contribution in [0.2, 0.25) is 0 Å². The van der Waals surface area contributed by atoms with Crippen LogP contribution in [0.5, 0.6) is 5.75 Å². The normalized spacial score (nSPS) is 13.9. The van der Waals surface area contributed by atoms with Gasteiger partial charge in [0, 0.05) is 12.5 Å². The van der Waals surface area contributed by atoms with Crippen molar-refractivity contribution in [2.45, 2.75) is 25.1 Å². The second kappa shape index (κ2) is 4.53. The molecule has 0 radical (unpaired) electrons. The SMILES string of the molecule is N[C@H](CCC(F)(F)F)c1ccc(O)cc1. The number of aromatic hydroxyl groups is 1. The van der Waals surface area contributed by atoms with Crippen LogP contribution in [0.15, 0.2) is 24.3 Å². The molecule has 3 N–H and O–H groups in total. The minimum atomic E-state index is -4.17. The zero-order chi connectivity index (χ0) is 11.5. The summed E-state index contributed by atoms with van der Waals surface area (Å²) in [5, 5.41) is 8.98. The van der Waals surface area contributed by atoms with Gasteiger partial charge in [0.2, 0.25) is 0 Å². The summed E-state index contributed by atoms with van der Waals surface area (Å²) in [7, 11) is 0. The first kappa shape index (κ1) is 11.8. The molecule has 84 valence electrons. The molecule has 0 spiro atoms. The molecular formula is C10H12F3NO. The molecule has 15 heavy (non-hydrogen) atoms. The maximum absolute atomic E-state index is 11.9. The third-order valence-corrected chi connectivity index (χ3v) is 2.06. The van der Waals surface area contributed by atoms with Crippen LogP contribution in [0.3, 0.4) is 0 Å². The highest BCUT2D eigenvalue weighted by atomic mass is 19.4. The highest BCUT2D eigenvalue weighted by Crippen LogP contribution is 2.26. The van der Waals surface area contributed by atoms with Crippen LogP contribution in [0.25, 0.3) is 0 Å². The number of rotatable bonds is 3. The molecular weight excluding hydrogens is 207 g/mol. The fraction of sp³-hybridized carbons (Fsp3) is 0.400. The van der Waals surface area contributed by atoms with Crippen molar-refractivity contribution in [3.63, 3.8) is 0 Å². The number of alkyl halides is 3. The minimum Gasteiger partial charge on any atom is -0.508 e. The van der Waals surface area contributed by atoms with E-state index < -0.39 is 18.6 Å². The Morgan fingerprint density at radius 1 is 1.20 bits per heavy atom. The van der Waals surface area contributed by atoms with Gasteiger partial charge in [-0.15, -0.1) is 0 Å². The van der Waals surface area contributed by atoms with Crippen LogP contribution < -0.4 is 5.73 Å². The van der Waals surface area contributed by atoms with E-state index in [4.69, 9.17) is 10.8 Å². The van der Waals surface area contributed by atoms with Crippen molar-refractivity contribution in [2.24, 2.45) is 5.73 Å². The number of phenolic OH excluding ortho intramolecular Hbond substituents is 1. The second-order valence-electron chi connectivity index (χ2n) is 3.35. The lowest BCUT2D eigenvalue weighted by atomic mass is 10.0. The molecule has 1 aromatic carbocycles. The number of halogens is 3. The molecule has 0 amide bonds. The van der Waals surface area contributed by atoms with E-state index in [1.165, 1.54) is 24.3 Å². The van der Waals surface area contributed by atoms with Crippen LogP contribution in [-0.4, -0.2) is 11.3 Å². The molecule has 0 aliphatic rings. The van der Waals surface area contributed by atoms with Crippen LogP contribution in [0, 0.1) is 0 Å². The lowest BCUT2D eigenvalue weighted by Crippen LogP contribution is -2.15. The van der Waals surface area contributed by atoms with Crippen molar-refractivity contribution >= 4 is 0 Å². The molecule has 0 heterocycles. The predicted octanol–water partition coefficient (Wildman–Crippen LogP) is 2.73. The summed E-state index contributed by atoms with van der Waals surface area (Å²) in [6.45, 7) is 0. The maximum atomic E-state index is 11.9. The third kappa shape index (κ3) is 4.20. The van der Waals surface area contributed by atoms with Crippen molar-refractivity contribution in [2.75, 3.05) is 0 Å².